The number of carbonyl (C=O) groups is 1. The van der Waals surface area contributed by atoms with E-state index in [-0.39, 0.29) is 12.1 Å². The topological polar surface area (TPSA) is 38.3 Å². The summed E-state index contributed by atoms with van der Waals surface area (Å²) in [5.41, 5.74) is -0.438. The summed E-state index contributed by atoms with van der Waals surface area (Å²) in [5.74, 6) is 0. The van der Waals surface area contributed by atoms with Gasteiger partial charge in [-0.1, -0.05) is 32.3 Å². The van der Waals surface area contributed by atoms with Gasteiger partial charge in [-0.25, -0.2) is 4.79 Å². The molecule has 1 atom stereocenters. The minimum absolute atomic E-state index is 0.147. The minimum atomic E-state index is -0.438. The number of amides is 1. The number of hydrogen-bond acceptors (Lipinski definition) is 2. The minimum Gasteiger partial charge on any atom is -0.444 e. The van der Waals surface area contributed by atoms with Crippen LogP contribution in [0.3, 0.4) is 0 Å². The molecule has 0 heterocycles. The van der Waals surface area contributed by atoms with Gasteiger partial charge in [0.25, 0.3) is 0 Å². The van der Waals surface area contributed by atoms with Crippen LogP contribution in [0.25, 0.3) is 0 Å². The van der Waals surface area contributed by atoms with Crippen molar-refractivity contribution in [3.05, 3.63) is 12.7 Å². The summed E-state index contributed by atoms with van der Waals surface area (Å²) in [6.45, 7) is 11.5. The molecule has 0 spiro atoms. The Morgan fingerprint density at radius 2 is 2.06 bits per heavy atom. The van der Waals surface area contributed by atoms with E-state index in [9.17, 15) is 4.79 Å². The van der Waals surface area contributed by atoms with Crippen LogP contribution in [0.4, 0.5) is 4.79 Å². The first kappa shape index (κ1) is 16.0. The molecule has 0 fully saturated rings. The summed E-state index contributed by atoms with van der Waals surface area (Å²) in [6.07, 6.45) is 6.80. The van der Waals surface area contributed by atoms with Crippen LogP contribution < -0.4 is 5.32 Å². The Labute approximate surface area is 106 Å². The Morgan fingerprint density at radius 1 is 1.41 bits per heavy atom. The monoisotopic (exact) mass is 241 g/mol. The van der Waals surface area contributed by atoms with Crippen LogP contribution in [-0.2, 0) is 4.74 Å². The molecule has 0 aromatic rings. The fourth-order valence-corrected chi connectivity index (χ4v) is 1.57. The summed E-state index contributed by atoms with van der Waals surface area (Å²) in [4.78, 5) is 11.6. The zero-order valence-corrected chi connectivity index (χ0v) is 11.7. The quantitative estimate of drug-likeness (QED) is 0.539. The van der Waals surface area contributed by atoms with Crippen molar-refractivity contribution in [3.63, 3.8) is 0 Å². The van der Waals surface area contributed by atoms with Gasteiger partial charge in [-0.05, 0) is 33.6 Å². The van der Waals surface area contributed by atoms with Crippen molar-refractivity contribution in [2.45, 2.75) is 71.4 Å². The van der Waals surface area contributed by atoms with Crippen LogP contribution in [0.2, 0.25) is 0 Å². The summed E-state index contributed by atoms with van der Waals surface area (Å²) in [7, 11) is 0. The number of carbonyl (C=O) groups excluding carboxylic acids is 1. The number of unbranched alkanes of at least 4 members (excludes halogenated alkanes) is 2. The van der Waals surface area contributed by atoms with Gasteiger partial charge in [0.15, 0.2) is 0 Å². The van der Waals surface area contributed by atoms with Gasteiger partial charge in [0.1, 0.15) is 5.60 Å². The number of nitrogens with one attached hydrogen (secondary N) is 1. The van der Waals surface area contributed by atoms with E-state index in [1.54, 1.807) is 0 Å². The highest BCUT2D eigenvalue weighted by molar-refractivity contribution is 5.68. The Morgan fingerprint density at radius 3 is 2.53 bits per heavy atom. The van der Waals surface area contributed by atoms with Gasteiger partial charge in [-0.15, -0.1) is 6.58 Å². The number of hydrogen-bond donors (Lipinski definition) is 1. The van der Waals surface area contributed by atoms with Crippen LogP contribution in [0.15, 0.2) is 12.7 Å². The number of ether oxygens (including phenoxy) is 1. The van der Waals surface area contributed by atoms with Crippen LogP contribution in [0.1, 0.15) is 59.8 Å². The smallest absolute Gasteiger partial charge is 0.407 e. The standard InChI is InChI=1S/C14H27NO2/c1-6-8-9-11-12(10-7-2)15-13(16)17-14(3,4)5/h7,12H,2,6,8-11H2,1,3-5H3,(H,15,16)/t12-/m1/s1. The largest absolute Gasteiger partial charge is 0.444 e. The summed E-state index contributed by atoms with van der Waals surface area (Å²) >= 11 is 0. The maximum absolute atomic E-state index is 11.6. The van der Waals surface area contributed by atoms with E-state index in [1.807, 2.05) is 26.8 Å². The molecular weight excluding hydrogens is 214 g/mol. The lowest BCUT2D eigenvalue weighted by Gasteiger charge is -2.23. The van der Waals surface area contributed by atoms with E-state index in [2.05, 4.69) is 18.8 Å². The molecule has 0 aromatic heterocycles. The molecule has 3 heteroatoms. The second kappa shape index (κ2) is 8.15. The van der Waals surface area contributed by atoms with Crippen LogP contribution in [0.5, 0.6) is 0 Å². The van der Waals surface area contributed by atoms with Crippen LogP contribution >= 0.6 is 0 Å². The molecule has 0 saturated carbocycles. The van der Waals surface area contributed by atoms with Gasteiger partial charge in [0, 0.05) is 6.04 Å². The first-order chi connectivity index (χ1) is 7.89. The second-order valence-corrected chi connectivity index (χ2v) is 5.36. The van der Waals surface area contributed by atoms with Crippen LogP contribution in [0, 0.1) is 0 Å². The van der Waals surface area contributed by atoms with E-state index >= 15 is 0 Å². The number of alkyl carbamates (subject to hydrolysis) is 1. The predicted octanol–water partition coefficient (Wildman–Crippen LogP) is 4.04. The zero-order chi connectivity index (χ0) is 13.3. The molecule has 0 aliphatic carbocycles. The lowest BCUT2D eigenvalue weighted by atomic mass is 10.1. The lowest BCUT2D eigenvalue weighted by Crippen LogP contribution is -2.38. The van der Waals surface area contributed by atoms with E-state index in [0.29, 0.717) is 0 Å². The van der Waals surface area contributed by atoms with Gasteiger partial charge >= 0.3 is 6.09 Å². The average molecular weight is 241 g/mol. The highest BCUT2D eigenvalue weighted by atomic mass is 16.6. The molecule has 100 valence electrons. The molecule has 0 radical (unpaired) electrons. The second-order valence-electron chi connectivity index (χ2n) is 5.36. The predicted molar refractivity (Wildman–Crippen MR) is 72.1 cm³/mol. The maximum atomic E-state index is 11.6. The molecule has 0 rings (SSSR count). The fraction of sp³-hybridized carbons (Fsp3) is 0.786. The molecule has 0 aliphatic rings. The molecular formula is C14H27NO2. The molecule has 1 amide bonds. The van der Waals surface area contributed by atoms with Gasteiger partial charge < -0.3 is 10.1 Å². The highest BCUT2D eigenvalue weighted by Gasteiger charge is 2.18. The van der Waals surface area contributed by atoms with Crippen LogP contribution in [-0.4, -0.2) is 17.7 Å². The molecule has 0 aromatic carbocycles. The molecule has 0 saturated heterocycles. The Bertz CT molecular complexity index is 231. The van der Waals surface area contributed by atoms with E-state index in [0.717, 1.165) is 19.3 Å². The van der Waals surface area contributed by atoms with Crippen molar-refractivity contribution in [1.82, 2.24) is 5.32 Å². The van der Waals surface area contributed by atoms with Gasteiger partial charge in [0.05, 0.1) is 0 Å². The summed E-state index contributed by atoms with van der Waals surface area (Å²) in [6, 6.07) is 0.147. The van der Waals surface area contributed by atoms with E-state index in [1.165, 1.54) is 12.8 Å². The SMILES string of the molecule is C=CC[C@H](CCCCC)NC(=O)OC(C)(C)C. The van der Waals surface area contributed by atoms with E-state index < -0.39 is 5.60 Å². The fourth-order valence-electron chi connectivity index (χ4n) is 1.57. The number of rotatable bonds is 7. The Hall–Kier alpha value is -0.990. The molecule has 0 unspecified atom stereocenters. The lowest BCUT2D eigenvalue weighted by molar-refractivity contribution is 0.0501. The summed E-state index contributed by atoms with van der Waals surface area (Å²) < 4.78 is 5.24. The molecule has 1 N–H and O–H groups in total. The third kappa shape index (κ3) is 9.91. The van der Waals surface area contributed by atoms with Crippen molar-refractivity contribution in [2.24, 2.45) is 0 Å². The van der Waals surface area contributed by atoms with Gasteiger partial charge in [0.2, 0.25) is 0 Å². The molecule has 0 aliphatic heterocycles. The average Bonchev–Trinajstić information content (AvgIpc) is 2.15. The third-order valence-corrected chi connectivity index (χ3v) is 2.33. The van der Waals surface area contributed by atoms with Crippen molar-refractivity contribution < 1.29 is 9.53 Å². The Balaban J connectivity index is 4.05. The van der Waals surface area contributed by atoms with Crippen molar-refractivity contribution >= 4 is 6.09 Å². The molecule has 0 bridgehead atoms. The first-order valence-corrected chi connectivity index (χ1v) is 6.49. The molecule has 17 heavy (non-hydrogen) atoms. The Kier molecular flexibility index (Phi) is 7.68. The van der Waals surface area contributed by atoms with Gasteiger partial charge in [-0.2, -0.15) is 0 Å². The van der Waals surface area contributed by atoms with Crippen molar-refractivity contribution in [2.75, 3.05) is 0 Å². The molecule has 3 nitrogen and oxygen atoms in total. The van der Waals surface area contributed by atoms with E-state index in [4.69, 9.17) is 4.74 Å². The zero-order valence-electron chi connectivity index (χ0n) is 11.7. The normalized spacial score (nSPS) is 12.9. The maximum Gasteiger partial charge on any atom is 0.407 e. The third-order valence-electron chi connectivity index (χ3n) is 2.33. The van der Waals surface area contributed by atoms with Crippen molar-refractivity contribution in [1.29, 1.82) is 0 Å². The first-order valence-electron chi connectivity index (χ1n) is 6.49. The summed E-state index contributed by atoms with van der Waals surface area (Å²) in [5, 5.41) is 2.90. The van der Waals surface area contributed by atoms with Crippen molar-refractivity contribution in [3.8, 4) is 0 Å². The highest BCUT2D eigenvalue weighted by Crippen LogP contribution is 2.10. The van der Waals surface area contributed by atoms with Gasteiger partial charge in [-0.3, -0.25) is 0 Å².